The molecule has 0 amide bonds. The summed E-state index contributed by atoms with van der Waals surface area (Å²) in [6.07, 6.45) is 4.59. The Hall–Kier alpha value is -0.820. The second-order valence-electron chi connectivity index (χ2n) is 6.72. The SMILES string of the molecule is CCc1cc2c(cc1C(=O)C[N+]1(C)CCCCC1)OCCO2.[I-]. The molecule has 4 nitrogen and oxygen atoms in total. The molecule has 2 aliphatic rings. The van der Waals surface area contributed by atoms with Crippen molar-refractivity contribution < 1.29 is 42.7 Å². The lowest BCUT2D eigenvalue weighted by Gasteiger charge is -2.37. The predicted molar refractivity (Wildman–Crippen MR) is 85.8 cm³/mol. The minimum absolute atomic E-state index is 0. The summed E-state index contributed by atoms with van der Waals surface area (Å²) in [6, 6.07) is 3.88. The lowest BCUT2D eigenvalue weighted by Crippen LogP contribution is -3.00. The van der Waals surface area contributed by atoms with Crippen molar-refractivity contribution in [3.05, 3.63) is 23.3 Å². The summed E-state index contributed by atoms with van der Waals surface area (Å²) < 4.78 is 12.1. The molecule has 23 heavy (non-hydrogen) atoms. The molecule has 128 valence electrons. The molecular formula is C18H26INO3. The van der Waals surface area contributed by atoms with E-state index in [2.05, 4.69) is 14.0 Å². The van der Waals surface area contributed by atoms with E-state index in [1.165, 1.54) is 19.3 Å². The number of piperidine rings is 1. The standard InChI is InChI=1S/C18H26NO3.HI/c1-3-14-11-17-18(22-10-9-21-17)12-15(14)16(20)13-19(2)7-5-4-6-8-19;/h11-12H,3-10,13H2,1-2H3;1H/q+1;/p-1. The number of carbonyl (C=O) groups is 1. The Bertz CT molecular complexity index is 568. The Morgan fingerprint density at radius 3 is 2.30 bits per heavy atom. The second-order valence-corrected chi connectivity index (χ2v) is 6.72. The van der Waals surface area contributed by atoms with E-state index in [4.69, 9.17) is 9.47 Å². The molecule has 1 fully saturated rings. The Morgan fingerprint density at radius 1 is 1.09 bits per heavy atom. The molecule has 0 unspecified atom stereocenters. The van der Waals surface area contributed by atoms with Crippen LogP contribution in [0, 0.1) is 0 Å². The van der Waals surface area contributed by atoms with E-state index >= 15 is 0 Å². The largest absolute Gasteiger partial charge is 1.00 e. The third kappa shape index (κ3) is 4.18. The number of fused-ring (bicyclic) bond motifs is 1. The molecule has 0 radical (unpaired) electrons. The summed E-state index contributed by atoms with van der Waals surface area (Å²) in [5.74, 6) is 1.73. The van der Waals surface area contributed by atoms with Crippen LogP contribution in [0.4, 0.5) is 0 Å². The molecule has 0 aliphatic carbocycles. The highest BCUT2D eigenvalue weighted by molar-refractivity contribution is 5.99. The van der Waals surface area contributed by atoms with Crippen LogP contribution in [0.3, 0.4) is 0 Å². The summed E-state index contributed by atoms with van der Waals surface area (Å²) in [6.45, 7) is 6.03. The smallest absolute Gasteiger partial charge is 0.217 e. The van der Waals surface area contributed by atoms with E-state index in [0.717, 1.165) is 40.9 Å². The maximum atomic E-state index is 12.9. The van der Waals surface area contributed by atoms with E-state index in [1.807, 2.05) is 12.1 Å². The van der Waals surface area contributed by atoms with E-state index in [9.17, 15) is 4.79 Å². The lowest BCUT2D eigenvalue weighted by atomic mass is 9.98. The van der Waals surface area contributed by atoms with E-state index < -0.39 is 0 Å². The van der Waals surface area contributed by atoms with Crippen LogP contribution >= 0.6 is 0 Å². The molecule has 2 heterocycles. The number of ether oxygens (including phenoxy) is 2. The Balaban J connectivity index is 0.00000192. The van der Waals surface area contributed by atoms with Crippen LogP contribution in [-0.2, 0) is 6.42 Å². The highest BCUT2D eigenvalue weighted by Gasteiger charge is 2.29. The summed E-state index contributed by atoms with van der Waals surface area (Å²) in [5.41, 5.74) is 1.88. The van der Waals surface area contributed by atoms with Gasteiger partial charge in [0.15, 0.2) is 11.5 Å². The minimum atomic E-state index is 0. The molecule has 0 spiro atoms. The summed E-state index contributed by atoms with van der Waals surface area (Å²) in [4.78, 5) is 12.9. The fourth-order valence-electron chi connectivity index (χ4n) is 3.55. The first-order chi connectivity index (χ1) is 10.6. The summed E-state index contributed by atoms with van der Waals surface area (Å²) >= 11 is 0. The first-order valence-corrected chi connectivity index (χ1v) is 8.40. The number of benzene rings is 1. The van der Waals surface area contributed by atoms with Gasteiger partial charge in [0.1, 0.15) is 19.8 Å². The van der Waals surface area contributed by atoms with Crippen molar-refractivity contribution in [2.75, 3.05) is 39.9 Å². The fourth-order valence-corrected chi connectivity index (χ4v) is 3.55. The number of hydrogen-bond donors (Lipinski definition) is 0. The zero-order valence-corrected chi connectivity index (χ0v) is 16.2. The molecule has 1 aromatic carbocycles. The van der Waals surface area contributed by atoms with Crippen molar-refractivity contribution in [1.29, 1.82) is 0 Å². The molecule has 5 heteroatoms. The Morgan fingerprint density at radius 2 is 1.70 bits per heavy atom. The van der Waals surface area contributed by atoms with Crippen molar-refractivity contribution in [1.82, 2.24) is 0 Å². The van der Waals surface area contributed by atoms with Gasteiger partial charge in [-0.05, 0) is 43.4 Å². The maximum absolute atomic E-state index is 12.9. The van der Waals surface area contributed by atoms with Gasteiger partial charge in [0.2, 0.25) is 5.78 Å². The molecular weight excluding hydrogens is 405 g/mol. The first kappa shape index (κ1) is 18.5. The number of nitrogens with zero attached hydrogens (tertiary/aromatic N) is 1. The minimum Gasteiger partial charge on any atom is -1.00 e. The van der Waals surface area contributed by atoms with Crippen LogP contribution in [0.5, 0.6) is 11.5 Å². The number of Topliss-reactive ketones (excluding diaryl/α,β-unsaturated/α-hetero) is 1. The van der Waals surface area contributed by atoms with Crippen molar-refractivity contribution in [2.45, 2.75) is 32.6 Å². The number of ketones is 1. The number of rotatable bonds is 4. The number of hydrogen-bond acceptors (Lipinski definition) is 3. The van der Waals surface area contributed by atoms with Gasteiger partial charge in [0, 0.05) is 5.56 Å². The van der Waals surface area contributed by atoms with Gasteiger partial charge in [-0.15, -0.1) is 0 Å². The van der Waals surface area contributed by atoms with Crippen molar-refractivity contribution >= 4 is 5.78 Å². The number of quaternary nitrogens is 1. The first-order valence-electron chi connectivity index (χ1n) is 8.40. The lowest BCUT2D eigenvalue weighted by molar-refractivity contribution is -0.906. The van der Waals surface area contributed by atoms with Crippen molar-refractivity contribution in [2.24, 2.45) is 0 Å². The van der Waals surface area contributed by atoms with E-state index in [1.54, 1.807) is 0 Å². The molecule has 1 aromatic rings. The van der Waals surface area contributed by atoms with E-state index in [0.29, 0.717) is 25.5 Å². The molecule has 0 atom stereocenters. The topological polar surface area (TPSA) is 35.5 Å². The Labute approximate surface area is 155 Å². The highest BCUT2D eigenvalue weighted by atomic mass is 127. The summed E-state index contributed by atoms with van der Waals surface area (Å²) in [7, 11) is 2.21. The number of likely N-dealkylation sites (tertiary alicyclic amines) is 1. The van der Waals surface area contributed by atoms with Crippen LogP contribution in [0.25, 0.3) is 0 Å². The van der Waals surface area contributed by atoms with Crippen LogP contribution in [0.15, 0.2) is 12.1 Å². The predicted octanol–water partition coefficient (Wildman–Crippen LogP) is -0.163. The van der Waals surface area contributed by atoms with Crippen molar-refractivity contribution in [3.63, 3.8) is 0 Å². The fraction of sp³-hybridized carbons (Fsp3) is 0.611. The highest BCUT2D eigenvalue weighted by Crippen LogP contribution is 2.34. The van der Waals surface area contributed by atoms with Gasteiger partial charge in [0.05, 0.1) is 20.1 Å². The molecule has 0 N–H and O–H groups in total. The van der Waals surface area contributed by atoms with E-state index in [-0.39, 0.29) is 29.8 Å². The van der Waals surface area contributed by atoms with Crippen LogP contribution in [0.1, 0.15) is 42.1 Å². The molecule has 0 bridgehead atoms. The quantitative estimate of drug-likeness (QED) is 0.378. The number of carbonyl (C=O) groups excluding carboxylic acids is 1. The van der Waals surface area contributed by atoms with Crippen LogP contribution < -0.4 is 33.5 Å². The van der Waals surface area contributed by atoms with Crippen molar-refractivity contribution in [3.8, 4) is 11.5 Å². The van der Waals surface area contributed by atoms with Crippen LogP contribution in [0.2, 0.25) is 0 Å². The van der Waals surface area contributed by atoms with Gasteiger partial charge >= 0.3 is 0 Å². The number of aryl methyl sites for hydroxylation is 1. The molecule has 0 saturated carbocycles. The number of likely N-dealkylation sites (N-methyl/N-ethyl adjacent to an activating group) is 1. The maximum Gasteiger partial charge on any atom is 0.217 e. The van der Waals surface area contributed by atoms with Gasteiger partial charge in [0.25, 0.3) is 0 Å². The average molecular weight is 431 g/mol. The second kappa shape index (κ2) is 7.83. The van der Waals surface area contributed by atoms with Gasteiger partial charge in [-0.3, -0.25) is 4.79 Å². The van der Waals surface area contributed by atoms with Gasteiger partial charge in [-0.1, -0.05) is 6.92 Å². The summed E-state index contributed by atoms with van der Waals surface area (Å²) in [5, 5.41) is 0. The zero-order chi connectivity index (χ0) is 15.6. The molecule has 0 aromatic heterocycles. The monoisotopic (exact) mass is 431 g/mol. The molecule has 1 saturated heterocycles. The average Bonchev–Trinajstić information content (AvgIpc) is 2.53. The van der Waals surface area contributed by atoms with Crippen LogP contribution in [-0.4, -0.2) is 50.2 Å². The normalized spacial score (nSPS) is 18.9. The van der Waals surface area contributed by atoms with Gasteiger partial charge in [-0.25, -0.2) is 0 Å². The van der Waals surface area contributed by atoms with Gasteiger partial charge in [-0.2, -0.15) is 0 Å². The number of halogens is 1. The third-order valence-corrected chi connectivity index (χ3v) is 4.87. The molecule has 2 aliphatic heterocycles. The van der Waals surface area contributed by atoms with Gasteiger partial charge < -0.3 is 37.9 Å². The molecule has 3 rings (SSSR count). The Kier molecular flexibility index (Phi) is 6.31. The third-order valence-electron chi connectivity index (χ3n) is 4.87. The zero-order valence-electron chi connectivity index (χ0n) is 14.1.